The van der Waals surface area contributed by atoms with Crippen molar-refractivity contribution in [2.45, 2.75) is 81.2 Å². The van der Waals surface area contributed by atoms with Crippen molar-refractivity contribution in [1.82, 2.24) is 0 Å². The topological polar surface area (TPSA) is 110 Å². The van der Waals surface area contributed by atoms with Gasteiger partial charge in [-0.3, -0.25) is 0 Å². The first-order chi connectivity index (χ1) is 17.6. The summed E-state index contributed by atoms with van der Waals surface area (Å²) in [6.07, 6.45) is 7.82. The summed E-state index contributed by atoms with van der Waals surface area (Å²) in [6, 6.07) is 12.0. The standard InChI is InChI=1S/C29H36N2O5S/c1-29-15-14-23-22-11-7-20(32)17-18(22)4-10-24(23)25(29)12-13-27(29)36-28(33)26-3-2-16-31(26)19-5-8-21(9-6-19)37(30,34)35/h5-9,11,17,23-27,32H,2-4,10,12-16H2,1H3,(H2,30,34,35)/t23?,24?,25?,26-,27-,29-/m0/s1. The number of nitrogens with two attached hydrogens (primary N) is 1. The molecule has 0 aromatic heterocycles. The van der Waals surface area contributed by atoms with Gasteiger partial charge in [0.1, 0.15) is 17.9 Å². The molecule has 2 aromatic rings. The number of anilines is 1. The zero-order chi connectivity index (χ0) is 25.9. The molecule has 2 saturated carbocycles. The van der Waals surface area contributed by atoms with Crippen molar-refractivity contribution < 1.29 is 23.1 Å². The Morgan fingerprint density at radius 1 is 1.08 bits per heavy atom. The minimum atomic E-state index is -3.76. The Balaban J connectivity index is 1.16. The number of esters is 1. The van der Waals surface area contributed by atoms with Gasteiger partial charge in [0.05, 0.1) is 4.90 Å². The van der Waals surface area contributed by atoms with Gasteiger partial charge in [0, 0.05) is 17.6 Å². The fourth-order valence-electron chi connectivity index (χ4n) is 8.08. The van der Waals surface area contributed by atoms with E-state index in [0.717, 1.165) is 63.6 Å². The molecule has 8 heteroatoms. The van der Waals surface area contributed by atoms with Crippen LogP contribution in [0.5, 0.6) is 5.75 Å². The van der Waals surface area contributed by atoms with E-state index in [1.54, 1.807) is 12.1 Å². The molecule has 0 bridgehead atoms. The zero-order valence-electron chi connectivity index (χ0n) is 21.3. The predicted octanol–water partition coefficient (Wildman–Crippen LogP) is 4.48. The lowest BCUT2D eigenvalue weighted by Gasteiger charge is -2.50. The van der Waals surface area contributed by atoms with Gasteiger partial charge in [-0.1, -0.05) is 13.0 Å². The number of fused-ring (bicyclic) bond motifs is 5. The van der Waals surface area contributed by atoms with Crippen molar-refractivity contribution in [3.8, 4) is 5.75 Å². The molecule has 0 amide bonds. The highest BCUT2D eigenvalue weighted by Gasteiger charge is 2.56. The van der Waals surface area contributed by atoms with Crippen molar-refractivity contribution in [1.29, 1.82) is 0 Å². The molecule has 3 fully saturated rings. The maximum Gasteiger partial charge on any atom is 0.329 e. The fourth-order valence-corrected chi connectivity index (χ4v) is 8.60. The first-order valence-corrected chi connectivity index (χ1v) is 15.1. The van der Waals surface area contributed by atoms with Crippen LogP contribution in [0.1, 0.15) is 68.9 Å². The lowest BCUT2D eigenvalue weighted by molar-refractivity contribution is -0.159. The highest BCUT2D eigenvalue weighted by atomic mass is 32.2. The van der Waals surface area contributed by atoms with Gasteiger partial charge in [-0.15, -0.1) is 0 Å². The predicted molar refractivity (Wildman–Crippen MR) is 141 cm³/mol. The van der Waals surface area contributed by atoms with Gasteiger partial charge in [-0.25, -0.2) is 18.4 Å². The number of rotatable bonds is 4. The van der Waals surface area contributed by atoms with E-state index in [-0.39, 0.29) is 28.4 Å². The fraction of sp³-hybridized carbons (Fsp3) is 0.552. The van der Waals surface area contributed by atoms with Crippen molar-refractivity contribution in [2.75, 3.05) is 11.4 Å². The van der Waals surface area contributed by atoms with E-state index in [1.807, 2.05) is 17.0 Å². The zero-order valence-corrected chi connectivity index (χ0v) is 22.1. The van der Waals surface area contributed by atoms with Crippen LogP contribution in [0.25, 0.3) is 0 Å². The number of aryl methyl sites for hydroxylation is 1. The number of carbonyl (C=O) groups is 1. The lowest BCUT2D eigenvalue weighted by atomic mass is 9.55. The second-order valence-corrected chi connectivity index (χ2v) is 13.3. The summed E-state index contributed by atoms with van der Waals surface area (Å²) in [5.41, 5.74) is 3.51. The Labute approximate surface area is 219 Å². The summed E-state index contributed by atoms with van der Waals surface area (Å²) in [4.78, 5) is 15.6. The second kappa shape index (κ2) is 9.02. The first kappa shape index (κ1) is 24.7. The van der Waals surface area contributed by atoms with Crippen molar-refractivity contribution >= 4 is 21.7 Å². The van der Waals surface area contributed by atoms with Gasteiger partial charge in [-0.05, 0) is 117 Å². The van der Waals surface area contributed by atoms with E-state index in [4.69, 9.17) is 9.88 Å². The van der Waals surface area contributed by atoms with Crippen LogP contribution < -0.4 is 10.0 Å². The third kappa shape index (κ3) is 4.22. The van der Waals surface area contributed by atoms with Crippen LogP contribution in [0.4, 0.5) is 5.69 Å². The van der Waals surface area contributed by atoms with Crippen LogP contribution in [0.3, 0.4) is 0 Å². The van der Waals surface area contributed by atoms with Gasteiger partial charge in [0.15, 0.2) is 0 Å². The van der Waals surface area contributed by atoms with Crippen LogP contribution in [0.2, 0.25) is 0 Å². The number of hydrogen-bond acceptors (Lipinski definition) is 6. The van der Waals surface area contributed by atoms with E-state index >= 15 is 0 Å². The molecular formula is C29H36N2O5S. The quantitative estimate of drug-likeness (QED) is 0.571. The lowest BCUT2D eigenvalue weighted by Crippen LogP contribution is -2.47. The molecule has 1 saturated heterocycles. The van der Waals surface area contributed by atoms with E-state index < -0.39 is 10.0 Å². The number of phenols is 1. The summed E-state index contributed by atoms with van der Waals surface area (Å²) in [5, 5.41) is 15.2. The summed E-state index contributed by atoms with van der Waals surface area (Å²) in [6.45, 7) is 3.07. The van der Waals surface area contributed by atoms with E-state index in [1.165, 1.54) is 23.3 Å². The molecule has 6 rings (SSSR count). The number of phenolic OH excluding ortho intramolecular Hbond substituents is 1. The molecule has 37 heavy (non-hydrogen) atoms. The molecule has 2 aromatic carbocycles. The maximum absolute atomic E-state index is 13.5. The number of hydrogen-bond donors (Lipinski definition) is 2. The van der Waals surface area contributed by atoms with Crippen molar-refractivity contribution in [3.63, 3.8) is 0 Å². The minimum absolute atomic E-state index is 0.00812. The number of nitrogens with zero attached hydrogens (tertiary/aromatic N) is 1. The Morgan fingerprint density at radius 3 is 2.62 bits per heavy atom. The Morgan fingerprint density at radius 2 is 1.86 bits per heavy atom. The summed E-state index contributed by atoms with van der Waals surface area (Å²) in [7, 11) is -3.76. The first-order valence-electron chi connectivity index (χ1n) is 13.6. The molecule has 3 N–H and O–H groups in total. The van der Waals surface area contributed by atoms with Crippen molar-refractivity contribution in [3.05, 3.63) is 53.6 Å². The normalized spacial score (nSPS) is 32.9. The van der Waals surface area contributed by atoms with E-state index in [0.29, 0.717) is 23.5 Å². The number of aromatic hydroxyl groups is 1. The average Bonchev–Trinajstić information content (AvgIpc) is 3.48. The number of sulfonamides is 1. The molecule has 0 radical (unpaired) electrons. The van der Waals surface area contributed by atoms with Gasteiger partial charge in [0.2, 0.25) is 10.0 Å². The Kier molecular flexibility index (Phi) is 6.03. The highest BCUT2D eigenvalue weighted by molar-refractivity contribution is 7.89. The summed E-state index contributed by atoms with van der Waals surface area (Å²) in [5.74, 6) is 1.86. The molecule has 6 atom stereocenters. The molecular weight excluding hydrogens is 488 g/mol. The van der Waals surface area contributed by atoms with Crippen LogP contribution in [-0.2, 0) is 26.0 Å². The van der Waals surface area contributed by atoms with Crippen LogP contribution in [0.15, 0.2) is 47.4 Å². The SMILES string of the molecule is C[C@]12CCC3c4ccc(O)cc4CCC3C1CC[C@@H]2OC(=O)[C@@H]1CCCN1c1ccc(S(N)(=O)=O)cc1. The van der Waals surface area contributed by atoms with E-state index in [2.05, 4.69) is 13.0 Å². The van der Waals surface area contributed by atoms with Crippen LogP contribution >= 0.6 is 0 Å². The molecule has 198 valence electrons. The minimum Gasteiger partial charge on any atom is -0.508 e. The molecule has 4 aliphatic rings. The number of ether oxygens (including phenoxy) is 1. The highest BCUT2D eigenvalue weighted by Crippen LogP contribution is 2.61. The molecule has 3 unspecified atom stereocenters. The third-order valence-corrected chi connectivity index (χ3v) is 10.8. The maximum atomic E-state index is 13.5. The van der Waals surface area contributed by atoms with Crippen molar-refractivity contribution in [2.24, 2.45) is 22.4 Å². The smallest absolute Gasteiger partial charge is 0.329 e. The molecule has 1 aliphatic heterocycles. The number of carbonyl (C=O) groups excluding carboxylic acids is 1. The van der Waals surface area contributed by atoms with Gasteiger partial charge >= 0.3 is 5.97 Å². The molecule has 0 spiro atoms. The van der Waals surface area contributed by atoms with E-state index in [9.17, 15) is 18.3 Å². The third-order valence-electron chi connectivity index (χ3n) is 9.90. The number of primary sulfonamides is 1. The Hall–Kier alpha value is -2.58. The largest absolute Gasteiger partial charge is 0.508 e. The summed E-state index contributed by atoms with van der Waals surface area (Å²) < 4.78 is 29.6. The Bertz CT molecular complexity index is 1310. The van der Waals surface area contributed by atoms with Gasteiger partial charge in [0.25, 0.3) is 0 Å². The monoisotopic (exact) mass is 524 g/mol. The van der Waals surface area contributed by atoms with Crippen LogP contribution in [0, 0.1) is 17.3 Å². The van der Waals surface area contributed by atoms with Gasteiger partial charge in [-0.2, -0.15) is 0 Å². The van der Waals surface area contributed by atoms with Crippen LogP contribution in [-0.4, -0.2) is 38.2 Å². The molecule has 7 nitrogen and oxygen atoms in total. The second-order valence-electron chi connectivity index (χ2n) is 11.7. The molecule has 1 heterocycles. The average molecular weight is 525 g/mol. The molecule has 3 aliphatic carbocycles. The summed E-state index contributed by atoms with van der Waals surface area (Å²) >= 11 is 0. The van der Waals surface area contributed by atoms with Gasteiger partial charge < -0.3 is 14.7 Å². The number of benzene rings is 2.